The molecule has 0 unspecified atom stereocenters. The molecule has 6 heteroatoms. The Kier molecular flexibility index (Phi) is 6.13. The fourth-order valence-electron chi connectivity index (χ4n) is 2.76. The molecule has 2 rings (SSSR count). The smallest absolute Gasteiger partial charge is 0.417 e. The van der Waals surface area contributed by atoms with Gasteiger partial charge in [0.1, 0.15) is 5.75 Å². The average Bonchev–Trinajstić information content (AvgIpc) is 2.50. The highest BCUT2D eigenvalue weighted by Crippen LogP contribution is 2.41. The molecule has 0 fully saturated rings. The zero-order valence-electron chi connectivity index (χ0n) is 17.1. The Morgan fingerprint density at radius 3 is 2.04 bits per heavy atom. The maximum absolute atomic E-state index is 13.0. The number of benzene rings is 2. The van der Waals surface area contributed by atoms with E-state index >= 15 is 0 Å². The molecular weight excluding hydrogens is 387 g/mol. The quantitative estimate of drug-likeness (QED) is 0.572. The average molecular weight is 414 g/mol. The lowest BCUT2D eigenvalue weighted by molar-refractivity contribution is -0.137. The van der Waals surface area contributed by atoms with Crippen molar-refractivity contribution in [2.45, 2.75) is 65.2 Å². The van der Waals surface area contributed by atoms with Gasteiger partial charge >= 0.3 is 6.18 Å². The third-order valence-electron chi connectivity index (χ3n) is 4.45. The SMILES string of the molecule is CC(C)(C)NCc1cc(C(C)(C)C)cc(-c2ccc(C(F)(F)F)c(Cl)c2)c1O. The van der Waals surface area contributed by atoms with Gasteiger partial charge in [0.05, 0.1) is 10.6 Å². The van der Waals surface area contributed by atoms with Crippen LogP contribution in [0.1, 0.15) is 58.2 Å². The molecule has 154 valence electrons. The summed E-state index contributed by atoms with van der Waals surface area (Å²) in [7, 11) is 0. The molecule has 0 atom stereocenters. The molecule has 0 aromatic heterocycles. The molecule has 0 spiro atoms. The summed E-state index contributed by atoms with van der Waals surface area (Å²) in [6, 6.07) is 7.30. The summed E-state index contributed by atoms with van der Waals surface area (Å²) >= 11 is 5.89. The van der Waals surface area contributed by atoms with Crippen LogP contribution in [0, 0.1) is 0 Å². The van der Waals surface area contributed by atoms with Gasteiger partial charge < -0.3 is 10.4 Å². The molecule has 0 aliphatic carbocycles. The minimum absolute atomic E-state index is 0.0422. The van der Waals surface area contributed by atoms with E-state index in [0.717, 1.165) is 11.6 Å². The number of nitrogens with one attached hydrogen (secondary N) is 1. The van der Waals surface area contributed by atoms with Crippen molar-refractivity contribution in [3.63, 3.8) is 0 Å². The van der Waals surface area contributed by atoms with Crippen LogP contribution in [0.2, 0.25) is 5.02 Å². The Hall–Kier alpha value is -1.72. The van der Waals surface area contributed by atoms with Gasteiger partial charge in [-0.1, -0.05) is 44.5 Å². The van der Waals surface area contributed by atoms with Crippen molar-refractivity contribution in [2.75, 3.05) is 0 Å². The van der Waals surface area contributed by atoms with Gasteiger partial charge in [0, 0.05) is 23.2 Å². The summed E-state index contributed by atoms with van der Waals surface area (Å²) in [5.74, 6) is 0.0422. The molecular formula is C22H27ClF3NO. The normalized spacial score (nSPS) is 13.1. The van der Waals surface area contributed by atoms with E-state index in [1.807, 2.05) is 53.7 Å². The summed E-state index contributed by atoms with van der Waals surface area (Å²) in [5.41, 5.74) is 1.33. The summed E-state index contributed by atoms with van der Waals surface area (Å²) in [6.45, 7) is 12.6. The van der Waals surface area contributed by atoms with E-state index in [2.05, 4.69) is 5.32 Å². The second-order valence-electron chi connectivity index (χ2n) is 9.08. The first kappa shape index (κ1) is 22.6. The molecule has 0 aliphatic heterocycles. The maximum Gasteiger partial charge on any atom is 0.417 e. The number of hydrogen-bond donors (Lipinski definition) is 2. The predicted molar refractivity (Wildman–Crippen MR) is 109 cm³/mol. The van der Waals surface area contributed by atoms with Crippen molar-refractivity contribution in [1.29, 1.82) is 0 Å². The highest BCUT2D eigenvalue weighted by atomic mass is 35.5. The van der Waals surface area contributed by atoms with E-state index in [1.165, 1.54) is 12.1 Å². The zero-order valence-corrected chi connectivity index (χ0v) is 17.8. The van der Waals surface area contributed by atoms with Crippen molar-refractivity contribution >= 4 is 11.6 Å². The number of phenolic OH excluding ortho intramolecular Hbond substituents is 1. The van der Waals surface area contributed by atoms with E-state index < -0.39 is 11.7 Å². The number of alkyl halides is 3. The fraction of sp³-hybridized carbons (Fsp3) is 0.455. The van der Waals surface area contributed by atoms with E-state index in [4.69, 9.17) is 11.6 Å². The Labute approximate surface area is 169 Å². The standard InChI is InChI=1S/C22H27ClF3NO/c1-20(2,3)15-9-14(12-27-21(4,5)6)19(28)16(11-15)13-7-8-17(18(23)10-13)22(24,25)26/h7-11,27-28H,12H2,1-6H3. The molecule has 0 saturated heterocycles. The topological polar surface area (TPSA) is 32.3 Å². The van der Waals surface area contributed by atoms with Crippen molar-refractivity contribution in [3.8, 4) is 16.9 Å². The van der Waals surface area contributed by atoms with Gasteiger partial charge in [-0.3, -0.25) is 0 Å². The molecule has 0 radical (unpaired) electrons. The van der Waals surface area contributed by atoms with Gasteiger partial charge in [-0.2, -0.15) is 13.2 Å². The van der Waals surface area contributed by atoms with Crippen molar-refractivity contribution in [1.82, 2.24) is 5.32 Å². The van der Waals surface area contributed by atoms with Gasteiger partial charge in [-0.05, 0) is 55.5 Å². The lowest BCUT2D eigenvalue weighted by Gasteiger charge is -2.25. The first-order valence-electron chi connectivity index (χ1n) is 9.08. The van der Waals surface area contributed by atoms with E-state index in [-0.39, 0.29) is 21.7 Å². The summed E-state index contributed by atoms with van der Waals surface area (Å²) in [5, 5.41) is 13.8. The van der Waals surface area contributed by atoms with Crippen LogP contribution in [0.5, 0.6) is 5.75 Å². The lowest BCUT2D eigenvalue weighted by Crippen LogP contribution is -2.35. The van der Waals surface area contributed by atoms with Crippen molar-refractivity contribution in [2.24, 2.45) is 0 Å². The number of rotatable bonds is 3. The lowest BCUT2D eigenvalue weighted by atomic mass is 9.83. The van der Waals surface area contributed by atoms with Crippen LogP contribution in [0.4, 0.5) is 13.2 Å². The van der Waals surface area contributed by atoms with Crippen molar-refractivity contribution < 1.29 is 18.3 Å². The van der Waals surface area contributed by atoms with E-state index in [9.17, 15) is 18.3 Å². The number of halogens is 4. The summed E-state index contributed by atoms with van der Waals surface area (Å²) < 4.78 is 39.0. The Morgan fingerprint density at radius 2 is 1.57 bits per heavy atom. The third kappa shape index (κ3) is 5.42. The highest BCUT2D eigenvalue weighted by Gasteiger charge is 2.33. The molecule has 2 N–H and O–H groups in total. The molecule has 0 bridgehead atoms. The number of hydrogen-bond acceptors (Lipinski definition) is 2. The molecule has 0 aliphatic rings. The first-order chi connectivity index (χ1) is 12.6. The largest absolute Gasteiger partial charge is 0.507 e. The molecule has 28 heavy (non-hydrogen) atoms. The Balaban J connectivity index is 2.61. The van der Waals surface area contributed by atoms with Crippen molar-refractivity contribution in [3.05, 3.63) is 52.0 Å². The van der Waals surface area contributed by atoms with Gasteiger partial charge in [-0.15, -0.1) is 0 Å². The number of phenols is 1. The van der Waals surface area contributed by atoms with Crippen LogP contribution < -0.4 is 5.32 Å². The highest BCUT2D eigenvalue weighted by molar-refractivity contribution is 6.31. The molecule has 2 aromatic carbocycles. The van der Waals surface area contributed by atoms with Gasteiger partial charge in [0.2, 0.25) is 0 Å². The van der Waals surface area contributed by atoms with Crippen LogP contribution in [0.25, 0.3) is 11.1 Å². The maximum atomic E-state index is 13.0. The van der Waals surface area contributed by atoms with E-state index in [0.29, 0.717) is 23.2 Å². The first-order valence-corrected chi connectivity index (χ1v) is 9.46. The summed E-state index contributed by atoms with van der Waals surface area (Å²) in [4.78, 5) is 0. The van der Waals surface area contributed by atoms with E-state index in [1.54, 1.807) is 0 Å². The molecule has 0 heterocycles. The minimum Gasteiger partial charge on any atom is -0.507 e. The van der Waals surface area contributed by atoms with Crippen LogP contribution in [0.15, 0.2) is 30.3 Å². The predicted octanol–water partition coefficient (Wildman–Crippen LogP) is 6.92. The number of aromatic hydroxyl groups is 1. The zero-order chi connectivity index (χ0) is 21.5. The minimum atomic E-state index is -4.52. The Bertz CT molecular complexity index is 862. The van der Waals surface area contributed by atoms with Gasteiger partial charge in [0.25, 0.3) is 0 Å². The molecule has 0 amide bonds. The second kappa shape index (κ2) is 7.60. The fourth-order valence-corrected chi connectivity index (χ4v) is 3.04. The van der Waals surface area contributed by atoms with Gasteiger partial charge in [0.15, 0.2) is 0 Å². The molecule has 2 aromatic rings. The van der Waals surface area contributed by atoms with Gasteiger partial charge in [-0.25, -0.2) is 0 Å². The molecule has 0 saturated carbocycles. The molecule has 2 nitrogen and oxygen atoms in total. The monoisotopic (exact) mass is 413 g/mol. The Morgan fingerprint density at radius 1 is 0.964 bits per heavy atom. The van der Waals surface area contributed by atoms with Crippen LogP contribution in [-0.2, 0) is 18.1 Å². The summed E-state index contributed by atoms with van der Waals surface area (Å²) in [6.07, 6.45) is -4.52. The van der Waals surface area contributed by atoms with Crippen LogP contribution in [-0.4, -0.2) is 10.6 Å². The van der Waals surface area contributed by atoms with Crippen LogP contribution in [0.3, 0.4) is 0 Å². The third-order valence-corrected chi connectivity index (χ3v) is 4.76. The van der Waals surface area contributed by atoms with Crippen LogP contribution >= 0.6 is 11.6 Å². The second-order valence-corrected chi connectivity index (χ2v) is 9.48.